The van der Waals surface area contributed by atoms with E-state index in [1.807, 2.05) is 30.3 Å². The van der Waals surface area contributed by atoms with E-state index in [2.05, 4.69) is 10.8 Å². The lowest BCUT2D eigenvalue weighted by Gasteiger charge is -2.09. The van der Waals surface area contributed by atoms with Crippen LogP contribution >= 0.6 is 0 Å². The molecule has 0 radical (unpaired) electrons. The monoisotopic (exact) mass is 307 g/mol. The number of fused-ring (bicyclic) bond motifs is 1. The van der Waals surface area contributed by atoms with Crippen LogP contribution in [0.15, 0.2) is 55.1 Å². The Morgan fingerprint density at radius 3 is 2.52 bits per heavy atom. The summed E-state index contributed by atoms with van der Waals surface area (Å²) in [4.78, 5) is 9.71. The summed E-state index contributed by atoms with van der Waals surface area (Å²) in [7, 11) is 0. The molecule has 0 spiro atoms. The SMILES string of the molecule is C=CCCC(=O)O.O=S([O-])Oc1cccc2ccccc12. The van der Waals surface area contributed by atoms with E-state index >= 15 is 0 Å². The highest BCUT2D eigenvalue weighted by molar-refractivity contribution is 7.74. The first-order valence-electron chi connectivity index (χ1n) is 6.12. The molecule has 5 nitrogen and oxygen atoms in total. The topological polar surface area (TPSA) is 86.7 Å². The number of aliphatic carboxylic acids is 1. The molecular formula is C15H15O5S-. The van der Waals surface area contributed by atoms with Crippen LogP contribution in [0.4, 0.5) is 0 Å². The van der Waals surface area contributed by atoms with Crippen molar-refractivity contribution in [1.82, 2.24) is 0 Å². The van der Waals surface area contributed by atoms with Crippen molar-refractivity contribution in [3.8, 4) is 5.75 Å². The van der Waals surface area contributed by atoms with E-state index in [0.717, 1.165) is 10.8 Å². The van der Waals surface area contributed by atoms with Crippen LogP contribution in [0.3, 0.4) is 0 Å². The van der Waals surface area contributed by atoms with Gasteiger partial charge < -0.3 is 13.8 Å². The van der Waals surface area contributed by atoms with E-state index in [1.54, 1.807) is 18.2 Å². The molecule has 0 fully saturated rings. The van der Waals surface area contributed by atoms with Crippen LogP contribution in [-0.2, 0) is 16.2 Å². The second-order valence-electron chi connectivity index (χ2n) is 3.99. The van der Waals surface area contributed by atoms with E-state index in [9.17, 15) is 13.6 Å². The molecule has 0 bridgehead atoms. The highest BCUT2D eigenvalue weighted by Crippen LogP contribution is 2.25. The van der Waals surface area contributed by atoms with Gasteiger partial charge in [0.2, 0.25) is 0 Å². The maximum Gasteiger partial charge on any atom is 0.303 e. The number of allylic oxidation sites excluding steroid dienone is 1. The molecule has 1 atom stereocenters. The van der Waals surface area contributed by atoms with Gasteiger partial charge in [-0.3, -0.25) is 4.79 Å². The van der Waals surface area contributed by atoms with Gasteiger partial charge in [0.05, 0.1) is 0 Å². The highest BCUT2D eigenvalue weighted by atomic mass is 32.2. The van der Waals surface area contributed by atoms with Gasteiger partial charge in [-0.2, -0.15) is 0 Å². The molecule has 2 aromatic carbocycles. The Kier molecular flexibility index (Phi) is 7.14. The van der Waals surface area contributed by atoms with Gasteiger partial charge in [0.25, 0.3) is 0 Å². The van der Waals surface area contributed by atoms with Gasteiger partial charge in [-0.25, -0.2) is 4.21 Å². The van der Waals surface area contributed by atoms with Crippen LogP contribution in [0.5, 0.6) is 5.75 Å². The number of benzene rings is 2. The van der Waals surface area contributed by atoms with Crippen LogP contribution in [0.1, 0.15) is 12.8 Å². The van der Waals surface area contributed by atoms with E-state index in [0.29, 0.717) is 12.2 Å². The Balaban J connectivity index is 0.000000270. The number of rotatable bonds is 5. The molecule has 2 aromatic rings. The van der Waals surface area contributed by atoms with Crippen molar-refractivity contribution in [2.24, 2.45) is 0 Å². The average Bonchev–Trinajstić information content (AvgIpc) is 2.45. The summed E-state index contributed by atoms with van der Waals surface area (Å²) in [5, 5.41) is 9.74. The number of carboxylic acids is 1. The van der Waals surface area contributed by atoms with Crippen LogP contribution in [-0.4, -0.2) is 19.8 Å². The lowest BCUT2D eigenvalue weighted by molar-refractivity contribution is -0.136. The minimum Gasteiger partial charge on any atom is -0.740 e. The average molecular weight is 307 g/mol. The molecule has 1 N–H and O–H groups in total. The van der Waals surface area contributed by atoms with E-state index < -0.39 is 17.3 Å². The summed E-state index contributed by atoms with van der Waals surface area (Å²) < 4.78 is 25.4. The second-order valence-corrected chi connectivity index (χ2v) is 4.56. The first kappa shape index (κ1) is 16.9. The fourth-order valence-corrected chi connectivity index (χ4v) is 1.86. The fourth-order valence-electron chi connectivity index (χ4n) is 1.57. The smallest absolute Gasteiger partial charge is 0.303 e. The molecule has 2 rings (SSSR count). The molecule has 0 saturated carbocycles. The first-order chi connectivity index (χ1) is 10.0. The van der Waals surface area contributed by atoms with E-state index in [4.69, 9.17) is 5.11 Å². The summed E-state index contributed by atoms with van der Waals surface area (Å²) >= 11 is -2.52. The fraction of sp³-hybridized carbons (Fsp3) is 0.133. The highest BCUT2D eigenvalue weighted by Gasteiger charge is 2.00. The number of hydrogen-bond donors (Lipinski definition) is 1. The number of carboxylic acid groups (broad SMARTS) is 1. The standard InChI is InChI=1S/C10H8O3S.C5H8O2/c11-14(12)13-10-7-3-5-8-4-1-2-6-9(8)10;1-2-3-4-5(6)7/h1-7H,(H,11,12);2H,1,3-4H2,(H,6,7)/p-1. The number of carbonyl (C=O) groups is 1. The first-order valence-corrected chi connectivity index (χ1v) is 7.12. The zero-order valence-electron chi connectivity index (χ0n) is 11.2. The van der Waals surface area contributed by atoms with Crippen LogP contribution < -0.4 is 4.18 Å². The molecule has 0 heterocycles. The third-order valence-corrected chi connectivity index (χ3v) is 2.79. The minimum atomic E-state index is -2.52. The van der Waals surface area contributed by atoms with Gasteiger partial charge in [0, 0.05) is 11.8 Å². The Hall–Kier alpha value is -2.18. The molecule has 0 aromatic heterocycles. The Bertz CT molecular complexity index is 634. The quantitative estimate of drug-likeness (QED) is 0.677. The predicted octanol–water partition coefficient (Wildman–Crippen LogP) is 3.05. The molecule has 112 valence electrons. The van der Waals surface area contributed by atoms with Crippen molar-refractivity contribution >= 4 is 28.1 Å². The van der Waals surface area contributed by atoms with Crippen molar-refractivity contribution in [3.05, 3.63) is 55.1 Å². The normalized spacial score (nSPS) is 11.1. The van der Waals surface area contributed by atoms with E-state index in [-0.39, 0.29) is 6.42 Å². The molecule has 6 heteroatoms. The lowest BCUT2D eigenvalue weighted by atomic mass is 10.1. The van der Waals surface area contributed by atoms with Gasteiger partial charge in [-0.1, -0.05) is 42.5 Å². The van der Waals surface area contributed by atoms with Crippen molar-refractivity contribution in [2.75, 3.05) is 0 Å². The maximum absolute atomic E-state index is 10.4. The summed E-state index contributed by atoms with van der Waals surface area (Å²) in [6.45, 7) is 3.37. The third-order valence-electron chi connectivity index (χ3n) is 2.47. The molecular weight excluding hydrogens is 292 g/mol. The van der Waals surface area contributed by atoms with Crippen LogP contribution in [0.25, 0.3) is 10.8 Å². The van der Waals surface area contributed by atoms with Crippen LogP contribution in [0, 0.1) is 0 Å². The largest absolute Gasteiger partial charge is 0.740 e. The Morgan fingerprint density at radius 2 is 1.95 bits per heavy atom. The van der Waals surface area contributed by atoms with Crippen molar-refractivity contribution in [3.63, 3.8) is 0 Å². The summed E-state index contributed by atoms with van der Waals surface area (Å²) in [6.07, 6.45) is 2.35. The lowest BCUT2D eigenvalue weighted by Crippen LogP contribution is -1.98. The van der Waals surface area contributed by atoms with Crippen LogP contribution in [0.2, 0.25) is 0 Å². The Morgan fingerprint density at radius 1 is 1.29 bits per heavy atom. The van der Waals surface area contributed by atoms with Gasteiger partial charge in [-0.05, 0) is 17.9 Å². The molecule has 0 aliphatic rings. The molecule has 0 amide bonds. The molecule has 0 saturated heterocycles. The maximum atomic E-state index is 10.4. The van der Waals surface area contributed by atoms with Crippen molar-refractivity contribution in [2.45, 2.75) is 12.8 Å². The third kappa shape index (κ3) is 6.20. The molecule has 0 aliphatic heterocycles. The predicted molar refractivity (Wildman–Crippen MR) is 80.6 cm³/mol. The van der Waals surface area contributed by atoms with Crippen molar-refractivity contribution in [1.29, 1.82) is 0 Å². The zero-order chi connectivity index (χ0) is 15.7. The zero-order valence-corrected chi connectivity index (χ0v) is 12.0. The summed E-state index contributed by atoms with van der Waals surface area (Å²) in [5.41, 5.74) is 0. The summed E-state index contributed by atoms with van der Waals surface area (Å²) in [5.74, 6) is -0.406. The van der Waals surface area contributed by atoms with Gasteiger partial charge in [0.15, 0.2) is 0 Å². The van der Waals surface area contributed by atoms with Crippen molar-refractivity contribution < 1.29 is 22.8 Å². The molecule has 21 heavy (non-hydrogen) atoms. The Labute approximate surface area is 125 Å². The van der Waals surface area contributed by atoms with Gasteiger partial charge in [0.1, 0.15) is 17.1 Å². The van der Waals surface area contributed by atoms with Gasteiger partial charge >= 0.3 is 5.97 Å². The van der Waals surface area contributed by atoms with Gasteiger partial charge in [-0.15, -0.1) is 6.58 Å². The second kappa shape index (κ2) is 8.89. The number of hydrogen-bond acceptors (Lipinski definition) is 4. The summed E-state index contributed by atoms with van der Waals surface area (Å²) in [6, 6.07) is 12.7. The molecule has 1 unspecified atom stereocenters. The molecule has 0 aliphatic carbocycles. The minimum absolute atomic E-state index is 0.198. The van der Waals surface area contributed by atoms with E-state index in [1.165, 1.54) is 0 Å².